The summed E-state index contributed by atoms with van der Waals surface area (Å²) in [5.74, 6) is 0.900. The molecule has 1 aromatic heterocycles. The van der Waals surface area contributed by atoms with Crippen molar-refractivity contribution >= 4 is 50.2 Å². The van der Waals surface area contributed by atoms with Crippen molar-refractivity contribution in [1.29, 1.82) is 0 Å². The maximum Gasteiger partial charge on any atom is 0.280 e. The standard InChI is InChI=1S/C25H23N7O6S/c1-15-4-6-18(7-5-15)27-24-12-16(2)26-25(29-24)28-19-8-10-20(11-9-19)30-39(37,38)21-13-22(31(33)34)17(3)23(14-21)32(35)36/h4-14,30H,1-3H3,(H2,26,27,28,29). The van der Waals surface area contributed by atoms with E-state index < -0.39 is 36.1 Å². The van der Waals surface area contributed by atoms with Crippen LogP contribution in [0.1, 0.15) is 16.8 Å². The van der Waals surface area contributed by atoms with Gasteiger partial charge in [-0.15, -0.1) is 0 Å². The molecule has 0 fully saturated rings. The van der Waals surface area contributed by atoms with Gasteiger partial charge in [0.05, 0.1) is 9.85 Å². The maximum absolute atomic E-state index is 12.9. The van der Waals surface area contributed by atoms with Gasteiger partial charge in [0.2, 0.25) is 5.95 Å². The Hall–Kier alpha value is -5.11. The van der Waals surface area contributed by atoms with E-state index in [1.165, 1.54) is 19.1 Å². The van der Waals surface area contributed by atoms with E-state index >= 15 is 0 Å². The largest absolute Gasteiger partial charge is 0.340 e. The lowest BCUT2D eigenvalue weighted by Gasteiger charge is -2.12. The molecule has 200 valence electrons. The number of aryl methyl sites for hydroxylation is 2. The van der Waals surface area contributed by atoms with Crippen molar-refractivity contribution in [2.45, 2.75) is 25.7 Å². The van der Waals surface area contributed by atoms with Gasteiger partial charge in [0.15, 0.2) is 0 Å². The highest BCUT2D eigenvalue weighted by Crippen LogP contribution is 2.32. The second kappa shape index (κ2) is 10.7. The molecule has 39 heavy (non-hydrogen) atoms. The van der Waals surface area contributed by atoms with Crippen LogP contribution in [0, 0.1) is 41.0 Å². The monoisotopic (exact) mass is 549 g/mol. The SMILES string of the molecule is Cc1ccc(Nc2cc(C)nc(Nc3ccc(NS(=O)(=O)c4cc([N+](=O)[O-])c(C)c([N+](=O)[O-])c4)cc3)n2)cc1. The molecule has 1 heterocycles. The van der Waals surface area contributed by atoms with E-state index in [-0.39, 0.29) is 11.3 Å². The number of anilines is 5. The molecule has 0 aliphatic heterocycles. The van der Waals surface area contributed by atoms with Crippen molar-refractivity contribution in [1.82, 2.24) is 9.97 Å². The Labute approximate surface area is 223 Å². The molecule has 3 N–H and O–H groups in total. The average Bonchev–Trinajstić information content (AvgIpc) is 2.86. The topological polar surface area (TPSA) is 182 Å². The summed E-state index contributed by atoms with van der Waals surface area (Å²) in [6.45, 7) is 5.01. The number of nitro groups is 2. The van der Waals surface area contributed by atoms with Crippen LogP contribution in [0.15, 0.2) is 71.6 Å². The molecule has 14 heteroatoms. The molecular weight excluding hydrogens is 526 g/mol. The van der Waals surface area contributed by atoms with E-state index in [0.717, 1.165) is 23.4 Å². The number of hydrogen-bond donors (Lipinski definition) is 3. The van der Waals surface area contributed by atoms with Gasteiger partial charge in [-0.25, -0.2) is 13.4 Å². The molecule has 0 aliphatic carbocycles. The molecule has 0 amide bonds. The fourth-order valence-electron chi connectivity index (χ4n) is 3.63. The number of aromatic nitrogens is 2. The molecule has 13 nitrogen and oxygen atoms in total. The van der Waals surface area contributed by atoms with Gasteiger partial charge in [0.25, 0.3) is 21.4 Å². The molecule has 0 radical (unpaired) electrons. The molecule has 0 bridgehead atoms. The number of rotatable bonds is 9. The molecule has 0 spiro atoms. The minimum absolute atomic E-state index is 0.137. The van der Waals surface area contributed by atoms with Gasteiger partial charge in [-0.3, -0.25) is 25.0 Å². The van der Waals surface area contributed by atoms with Crippen molar-refractivity contribution in [3.8, 4) is 0 Å². The van der Waals surface area contributed by atoms with Crippen LogP contribution in [-0.2, 0) is 10.0 Å². The molecule has 4 rings (SSSR count). The van der Waals surface area contributed by atoms with Gasteiger partial charge >= 0.3 is 0 Å². The van der Waals surface area contributed by atoms with Crippen LogP contribution in [-0.4, -0.2) is 28.2 Å². The predicted octanol–water partition coefficient (Wildman–Crippen LogP) is 5.51. The minimum atomic E-state index is -4.37. The summed E-state index contributed by atoms with van der Waals surface area (Å²) < 4.78 is 28.1. The summed E-state index contributed by atoms with van der Waals surface area (Å²) in [6.07, 6.45) is 0. The smallest absolute Gasteiger partial charge is 0.280 e. The highest BCUT2D eigenvalue weighted by molar-refractivity contribution is 7.92. The van der Waals surface area contributed by atoms with Crippen LogP contribution in [0.2, 0.25) is 0 Å². The predicted molar refractivity (Wildman–Crippen MR) is 146 cm³/mol. The summed E-state index contributed by atoms with van der Waals surface area (Å²) in [4.78, 5) is 29.1. The Morgan fingerprint density at radius 2 is 1.23 bits per heavy atom. The van der Waals surface area contributed by atoms with Gasteiger partial charge in [0, 0.05) is 41.0 Å². The summed E-state index contributed by atoms with van der Waals surface area (Å²) in [6, 6.07) is 17.3. The van der Waals surface area contributed by atoms with Crippen LogP contribution in [0.4, 0.5) is 40.2 Å². The highest BCUT2D eigenvalue weighted by atomic mass is 32.2. The number of nitrogens with one attached hydrogen (secondary N) is 3. The number of nitro benzene ring substituents is 2. The van der Waals surface area contributed by atoms with Crippen LogP contribution < -0.4 is 15.4 Å². The van der Waals surface area contributed by atoms with E-state index in [2.05, 4.69) is 25.3 Å². The van der Waals surface area contributed by atoms with Gasteiger partial charge in [0.1, 0.15) is 16.3 Å². The molecule has 0 saturated heterocycles. The summed E-state index contributed by atoms with van der Waals surface area (Å²) in [5, 5.41) is 28.9. The minimum Gasteiger partial charge on any atom is -0.340 e. The second-order valence-electron chi connectivity index (χ2n) is 8.62. The third-order valence-corrected chi connectivity index (χ3v) is 6.96. The fraction of sp³-hybridized carbons (Fsp3) is 0.120. The molecular formula is C25H23N7O6S. The number of hydrogen-bond acceptors (Lipinski definition) is 10. The quantitative estimate of drug-likeness (QED) is 0.178. The van der Waals surface area contributed by atoms with Crippen LogP contribution >= 0.6 is 0 Å². The normalized spacial score (nSPS) is 11.1. The van der Waals surface area contributed by atoms with Crippen molar-refractivity contribution in [2.24, 2.45) is 0 Å². The summed E-state index contributed by atoms with van der Waals surface area (Å²) >= 11 is 0. The molecule has 0 saturated carbocycles. The van der Waals surface area contributed by atoms with E-state index in [1.54, 1.807) is 18.2 Å². The van der Waals surface area contributed by atoms with Gasteiger partial charge in [-0.1, -0.05) is 17.7 Å². The van der Waals surface area contributed by atoms with Crippen molar-refractivity contribution in [2.75, 3.05) is 15.4 Å². The molecule has 0 atom stereocenters. The number of sulfonamides is 1. The molecule has 0 aliphatic rings. The fourth-order valence-corrected chi connectivity index (χ4v) is 4.73. The first kappa shape index (κ1) is 26.9. The third kappa shape index (κ3) is 6.42. The Morgan fingerprint density at radius 3 is 1.79 bits per heavy atom. The molecule has 0 unspecified atom stereocenters. The maximum atomic E-state index is 12.9. The lowest BCUT2D eigenvalue weighted by molar-refractivity contribution is -0.395. The van der Waals surface area contributed by atoms with Crippen molar-refractivity contribution < 1.29 is 18.3 Å². The third-order valence-electron chi connectivity index (χ3n) is 5.60. The van der Waals surface area contributed by atoms with E-state index in [9.17, 15) is 28.6 Å². The first-order valence-corrected chi connectivity index (χ1v) is 12.9. The zero-order valence-electron chi connectivity index (χ0n) is 21.0. The Bertz CT molecular complexity index is 1640. The van der Waals surface area contributed by atoms with Crippen LogP contribution in [0.3, 0.4) is 0 Å². The first-order valence-electron chi connectivity index (χ1n) is 11.4. The zero-order valence-corrected chi connectivity index (χ0v) is 21.8. The van der Waals surface area contributed by atoms with Gasteiger partial charge in [-0.05, 0) is 57.2 Å². The highest BCUT2D eigenvalue weighted by Gasteiger charge is 2.28. The van der Waals surface area contributed by atoms with Crippen molar-refractivity contribution in [3.05, 3.63) is 104 Å². The van der Waals surface area contributed by atoms with Crippen molar-refractivity contribution in [3.63, 3.8) is 0 Å². The van der Waals surface area contributed by atoms with Gasteiger partial charge in [-0.2, -0.15) is 4.98 Å². The summed E-state index contributed by atoms with van der Waals surface area (Å²) in [5.41, 5.74) is 1.84. The summed E-state index contributed by atoms with van der Waals surface area (Å²) in [7, 11) is -4.37. The first-order chi connectivity index (χ1) is 18.4. The van der Waals surface area contributed by atoms with Crippen LogP contribution in [0.5, 0.6) is 0 Å². The van der Waals surface area contributed by atoms with Gasteiger partial charge < -0.3 is 10.6 Å². The van der Waals surface area contributed by atoms with E-state index in [4.69, 9.17) is 0 Å². The Morgan fingerprint density at radius 1 is 0.718 bits per heavy atom. The number of nitrogens with zero attached hydrogens (tertiary/aromatic N) is 4. The second-order valence-corrected chi connectivity index (χ2v) is 10.3. The average molecular weight is 550 g/mol. The van der Waals surface area contributed by atoms with E-state index in [1.807, 2.05) is 38.1 Å². The van der Waals surface area contributed by atoms with Crippen LogP contribution in [0.25, 0.3) is 0 Å². The molecule has 4 aromatic rings. The number of benzene rings is 3. The Balaban J connectivity index is 1.52. The lowest BCUT2D eigenvalue weighted by Crippen LogP contribution is -2.14. The lowest BCUT2D eigenvalue weighted by atomic mass is 10.1. The van der Waals surface area contributed by atoms with E-state index in [0.29, 0.717) is 23.1 Å². The molecule has 3 aromatic carbocycles. The Kier molecular flexibility index (Phi) is 7.40. The zero-order chi connectivity index (χ0) is 28.3.